The Hall–Kier alpha value is -2.80. The van der Waals surface area contributed by atoms with E-state index in [1.54, 1.807) is 30.4 Å². The van der Waals surface area contributed by atoms with Crippen LogP contribution in [0.2, 0.25) is 0 Å². The predicted octanol–water partition coefficient (Wildman–Crippen LogP) is 2.89. The number of benzene rings is 1. The summed E-state index contributed by atoms with van der Waals surface area (Å²) in [5.74, 6) is 1.37. The molecule has 0 amide bonds. The maximum Gasteiger partial charge on any atom is 0.216 e. The van der Waals surface area contributed by atoms with Crippen LogP contribution < -0.4 is 4.74 Å². The minimum absolute atomic E-state index is 0.420. The number of methoxy groups -OCH3 is 1. The fourth-order valence-electron chi connectivity index (χ4n) is 1.92. The molecule has 110 valence electrons. The van der Waals surface area contributed by atoms with E-state index in [2.05, 4.69) is 20.3 Å². The average Bonchev–Trinajstić information content (AvgIpc) is 2.95. The van der Waals surface area contributed by atoms with Crippen LogP contribution in [0.15, 0.2) is 53.9 Å². The van der Waals surface area contributed by atoms with Gasteiger partial charge in [0.25, 0.3) is 0 Å². The number of aromatic nitrogens is 4. The summed E-state index contributed by atoms with van der Waals surface area (Å²) in [6.45, 7) is 0. The Morgan fingerprint density at radius 3 is 2.86 bits per heavy atom. The van der Waals surface area contributed by atoms with E-state index < -0.39 is 0 Å². The van der Waals surface area contributed by atoms with Crippen LogP contribution in [0, 0.1) is 4.77 Å². The van der Waals surface area contributed by atoms with Gasteiger partial charge in [0, 0.05) is 18.0 Å². The lowest BCUT2D eigenvalue weighted by Crippen LogP contribution is -1.95. The second-order valence-electron chi connectivity index (χ2n) is 4.42. The van der Waals surface area contributed by atoms with Crippen LogP contribution in [0.1, 0.15) is 5.56 Å². The quantitative estimate of drug-likeness (QED) is 0.594. The molecule has 3 aromatic rings. The van der Waals surface area contributed by atoms with E-state index in [0.717, 1.165) is 16.9 Å². The Labute approximate surface area is 132 Å². The highest BCUT2D eigenvalue weighted by Gasteiger charge is 2.08. The van der Waals surface area contributed by atoms with Crippen molar-refractivity contribution in [2.75, 3.05) is 7.11 Å². The monoisotopic (exact) mass is 311 g/mol. The number of pyridine rings is 1. The van der Waals surface area contributed by atoms with Crippen molar-refractivity contribution in [3.05, 3.63) is 59.1 Å². The van der Waals surface area contributed by atoms with E-state index in [1.165, 1.54) is 0 Å². The Bertz CT molecular complexity index is 854. The second-order valence-corrected chi connectivity index (χ2v) is 4.81. The molecule has 0 fully saturated rings. The number of aromatic amines is 1. The molecule has 0 bridgehead atoms. The van der Waals surface area contributed by atoms with Crippen LogP contribution in [0.5, 0.6) is 5.75 Å². The van der Waals surface area contributed by atoms with Crippen LogP contribution in [0.3, 0.4) is 0 Å². The Morgan fingerprint density at radius 1 is 1.27 bits per heavy atom. The highest BCUT2D eigenvalue weighted by molar-refractivity contribution is 7.71. The predicted molar refractivity (Wildman–Crippen MR) is 86.6 cm³/mol. The third kappa shape index (κ3) is 2.94. The maximum atomic E-state index is 5.24. The SMILES string of the molecule is COc1cccc(-c2n[nH]c(=S)n2N=Cc2ccncc2)c1. The minimum atomic E-state index is 0.420. The van der Waals surface area contributed by atoms with Gasteiger partial charge in [0.05, 0.1) is 13.3 Å². The minimum Gasteiger partial charge on any atom is -0.497 e. The van der Waals surface area contributed by atoms with Crippen molar-refractivity contribution >= 4 is 18.4 Å². The van der Waals surface area contributed by atoms with Gasteiger partial charge in [-0.05, 0) is 42.0 Å². The largest absolute Gasteiger partial charge is 0.497 e. The zero-order chi connectivity index (χ0) is 15.4. The molecule has 0 aliphatic rings. The van der Waals surface area contributed by atoms with E-state index in [4.69, 9.17) is 17.0 Å². The lowest BCUT2D eigenvalue weighted by molar-refractivity contribution is 0.415. The number of rotatable bonds is 4. The third-order valence-corrected chi connectivity index (χ3v) is 3.27. The van der Waals surface area contributed by atoms with Crippen molar-refractivity contribution in [2.45, 2.75) is 0 Å². The number of hydrogen-bond donors (Lipinski definition) is 1. The van der Waals surface area contributed by atoms with E-state index in [9.17, 15) is 0 Å². The fourth-order valence-corrected chi connectivity index (χ4v) is 2.10. The third-order valence-electron chi connectivity index (χ3n) is 3.01. The zero-order valence-electron chi connectivity index (χ0n) is 11.8. The van der Waals surface area contributed by atoms with Crippen LogP contribution >= 0.6 is 12.2 Å². The summed E-state index contributed by atoms with van der Waals surface area (Å²) in [5, 5.41) is 11.4. The lowest BCUT2D eigenvalue weighted by atomic mass is 10.2. The summed E-state index contributed by atoms with van der Waals surface area (Å²) in [6.07, 6.45) is 5.12. The first-order valence-corrected chi connectivity index (χ1v) is 6.95. The van der Waals surface area contributed by atoms with Gasteiger partial charge in [-0.1, -0.05) is 12.1 Å². The van der Waals surface area contributed by atoms with Gasteiger partial charge in [0.2, 0.25) is 4.77 Å². The number of ether oxygens (including phenoxy) is 1. The van der Waals surface area contributed by atoms with Gasteiger partial charge in [-0.3, -0.25) is 4.98 Å². The molecule has 2 aromatic heterocycles. The van der Waals surface area contributed by atoms with Gasteiger partial charge in [0.1, 0.15) is 5.75 Å². The van der Waals surface area contributed by atoms with Crippen molar-refractivity contribution in [3.8, 4) is 17.1 Å². The van der Waals surface area contributed by atoms with Gasteiger partial charge >= 0.3 is 0 Å². The van der Waals surface area contributed by atoms with Gasteiger partial charge in [-0.15, -0.1) is 0 Å². The molecule has 1 aromatic carbocycles. The molecule has 0 aliphatic carbocycles. The summed E-state index contributed by atoms with van der Waals surface area (Å²) in [5.41, 5.74) is 1.79. The molecule has 7 heteroatoms. The zero-order valence-corrected chi connectivity index (χ0v) is 12.6. The number of nitrogens with one attached hydrogen (secondary N) is 1. The van der Waals surface area contributed by atoms with Gasteiger partial charge < -0.3 is 4.74 Å². The Morgan fingerprint density at radius 2 is 2.09 bits per heavy atom. The molecule has 22 heavy (non-hydrogen) atoms. The summed E-state index contributed by atoms with van der Waals surface area (Å²) >= 11 is 5.24. The van der Waals surface area contributed by atoms with Crippen molar-refractivity contribution in [2.24, 2.45) is 5.10 Å². The van der Waals surface area contributed by atoms with Crippen LogP contribution in [-0.4, -0.2) is 33.2 Å². The van der Waals surface area contributed by atoms with Crippen LogP contribution in [0.4, 0.5) is 0 Å². The van der Waals surface area contributed by atoms with E-state index >= 15 is 0 Å². The van der Waals surface area contributed by atoms with E-state index in [-0.39, 0.29) is 0 Å². The normalized spacial score (nSPS) is 11.0. The molecular formula is C15H13N5OS. The highest BCUT2D eigenvalue weighted by atomic mass is 32.1. The molecular weight excluding hydrogens is 298 g/mol. The molecule has 2 heterocycles. The van der Waals surface area contributed by atoms with Gasteiger partial charge in [0.15, 0.2) is 5.82 Å². The second kappa shape index (κ2) is 6.31. The van der Waals surface area contributed by atoms with Crippen molar-refractivity contribution < 1.29 is 4.74 Å². The molecule has 0 atom stereocenters. The van der Waals surface area contributed by atoms with E-state index in [1.807, 2.05) is 36.4 Å². The maximum absolute atomic E-state index is 5.24. The molecule has 0 aliphatic heterocycles. The number of nitrogens with zero attached hydrogens (tertiary/aromatic N) is 4. The summed E-state index contributed by atoms with van der Waals surface area (Å²) in [7, 11) is 1.62. The van der Waals surface area contributed by atoms with Crippen LogP contribution in [0.25, 0.3) is 11.4 Å². The Balaban J connectivity index is 2.01. The first kappa shape index (κ1) is 14.2. The molecule has 0 radical (unpaired) electrons. The van der Waals surface area contributed by atoms with Crippen molar-refractivity contribution in [1.29, 1.82) is 0 Å². The summed E-state index contributed by atoms with van der Waals surface area (Å²) < 4.78 is 7.23. The van der Waals surface area contributed by atoms with Gasteiger partial charge in [-0.25, -0.2) is 5.10 Å². The van der Waals surface area contributed by atoms with E-state index in [0.29, 0.717) is 10.6 Å². The van der Waals surface area contributed by atoms with Crippen molar-refractivity contribution in [1.82, 2.24) is 19.9 Å². The first-order chi connectivity index (χ1) is 10.8. The van der Waals surface area contributed by atoms with Crippen LogP contribution in [-0.2, 0) is 0 Å². The highest BCUT2D eigenvalue weighted by Crippen LogP contribution is 2.22. The molecule has 0 saturated heterocycles. The fraction of sp³-hybridized carbons (Fsp3) is 0.0667. The standard InChI is InChI=1S/C15H13N5OS/c1-21-13-4-2-3-12(9-13)14-18-19-15(22)20(14)17-10-11-5-7-16-8-6-11/h2-10H,1H3,(H,19,22). The number of H-pyrrole nitrogens is 1. The number of hydrogen-bond acceptors (Lipinski definition) is 5. The molecule has 6 nitrogen and oxygen atoms in total. The lowest BCUT2D eigenvalue weighted by Gasteiger charge is -2.03. The molecule has 0 unspecified atom stereocenters. The van der Waals surface area contributed by atoms with Gasteiger partial charge in [-0.2, -0.15) is 14.9 Å². The molecule has 3 rings (SSSR count). The average molecular weight is 311 g/mol. The molecule has 1 N–H and O–H groups in total. The molecule has 0 saturated carbocycles. The van der Waals surface area contributed by atoms with Crippen molar-refractivity contribution in [3.63, 3.8) is 0 Å². The summed E-state index contributed by atoms with van der Waals surface area (Å²) in [4.78, 5) is 3.97. The Kier molecular flexibility index (Phi) is 4.06. The smallest absolute Gasteiger partial charge is 0.216 e. The first-order valence-electron chi connectivity index (χ1n) is 6.54. The topological polar surface area (TPSA) is 68.1 Å². The summed E-state index contributed by atoms with van der Waals surface area (Å²) in [6, 6.07) is 11.3. The molecule has 0 spiro atoms.